The fourth-order valence-electron chi connectivity index (χ4n) is 2.67. The van der Waals surface area contributed by atoms with Crippen LogP contribution in [0.25, 0.3) is 0 Å². The summed E-state index contributed by atoms with van der Waals surface area (Å²) in [4.78, 5) is 5.63. The number of morpholine rings is 1. The number of rotatable bonds is 6. The molecule has 1 fully saturated rings. The first-order valence-corrected chi connectivity index (χ1v) is 8.39. The van der Waals surface area contributed by atoms with Crippen molar-refractivity contribution in [3.05, 3.63) is 29.8 Å². The molecule has 21 heavy (non-hydrogen) atoms. The van der Waals surface area contributed by atoms with Crippen LogP contribution in [-0.2, 0) is 4.74 Å². The third-order valence-electron chi connectivity index (χ3n) is 3.76. The summed E-state index contributed by atoms with van der Waals surface area (Å²) in [6.07, 6.45) is 2.35. The Kier molecular flexibility index (Phi) is 6.46. The number of hydrogen-bond donors (Lipinski definition) is 0. The standard InChI is InChI=1S/C17H26N2OS/c1-3-9-18(10-4-2)16-7-5-15(6-8-16)17(21)19-11-13-20-14-12-19/h5-8H,3-4,9-14H2,1-2H3. The predicted molar refractivity (Wildman–Crippen MR) is 93.3 cm³/mol. The van der Waals surface area contributed by atoms with Gasteiger partial charge in [0.2, 0.25) is 0 Å². The van der Waals surface area contributed by atoms with Crippen molar-refractivity contribution >= 4 is 22.9 Å². The van der Waals surface area contributed by atoms with E-state index in [4.69, 9.17) is 17.0 Å². The number of hydrogen-bond acceptors (Lipinski definition) is 3. The Labute approximate surface area is 133 Å². The molecule has 3 nitrogen and oxygen atoms in total. The Hall–Kier alpha value is -1.13. The maximum absolute atomic E-state index is 5.61. The van der Waals surface area contributed by atoms with E-state index in [1.165, 1.54) is 18.5 Å². The SMILES string of the molecule is CCCN(CCC)c1ccc(C(=S)N2CCOCC2)cc1. The lowest BCUT2D eigenvalue weighted by Gasteiger charge is -2.29. The Morgan fingerprint density at radius 3 is 2.19 bits per heavy atom. The van der Waals surface area contributed by atoms with Gasteiger partial charge in [0, 0.05) is 37.4 Å². The smallest absolute Gasteiger partial charge is 0.109 e. The molecule has 2 rings (SSSR count). The summed E-state index contributed by atoms with van der Waals surface area (Å²) < 4.78 is 5.38. The van der Waals surface area contributed by atoms with E-state index in [9.17, 15) is 0 Å². The van der Waals surface area contributed by atoms with Crippen molar-refractivity contribution in [2.24, 2.45) is 0 Å². The molecule has 0 aromatic heterocycles. The van der Waals surface area contributed by atoms with Crippen LogP contribution < -0.4 is 4.90 Å². The molecule has 116 valence electrons. The van der Waals surface area contributed by atoms with E-state index in [-0.39, 0.29) is 0 Å². The molecule has 1 aromatic rings. The molecule has 0 N–H and O–H groups in total. The second-order valence-corrected chi connectivity index (χ2v) is 5.83. The summed E-state index contributed by atoms with van der Waals surface area (Å²) in [5, 5.41) is 0. The summed E-state index contributed by atoms with van der Waals surface area (Å²) in [7, 11) is 0. The minimum Gasteiger partial charge on any atom is -0.378 e. The van der Waals surface area contributed by atoms with Crippen LogP contribution in [0.2, 0.25) is 0 Å². The summed E-state index contributed by atoms with van der Waals surface area (Å²) in [6, 6.07) is 8.72. The first-order valence-electron chi connectivity index (χ1n) is 7.98. The summed E-state index contributed by atoms with van der Waals surface area (Å²) >= 11 is 5.61. The third-order valence-corrected chi connectivity index (χ3v) is 4.26. The highest BCUT2D eigenvalue weighted by Gasteiger charge is 2.15. The quantitative estimate of drug-likeness (QED) is 0.749. The van der Waals surface area contributed by atoms with Crippen molar-refractivity contribution < 1.29 is 4.74 Å². The number of ether oxygens (including phenoxy) is 1. The minimum absolute atomic E-state index is 0.777. The lowest BCUT2D eigenvalue weighted by atomic mass is 10.1. The highest BCUT2D eigenvalue weighted by molar-refractivity contribution is 7.80. The van der Waals surface area contributed by atoms with Gasteiger partial charge in [-0.25, -0.2) is 0 Å². The van der Waals surface area contributed by atoms with Crippen LogP contribution in [0, 0.1) is 0 Å². The van der Waals surface area contributed by atoms with Crippen LogP contribution in [0.4, 0.5) is 5.69 Å². The summed E-state index contributed by atoms with van der Waals surface area (Å²) in [5.74, 6) is 0. The lowest BCUT2D eigenvalue weighted by Crippen LogP contribution is -2.40. The molecule has 0 aliphatic carbocycles. The predicted octanol–water partition coefficient (Wildman–Crippen LogP) is 3.32. The molecule has 0 radical (unpaired) electrons. The van der Waals surface area contributed by atoms with Crippen LogP contribution in [0.1, 0.15) is 32.3 Å². The molecule has 0 amide bonds. The number of anilines is 1. The van der Waals surface area contributed by atoms with Crippen LogP contribution >= 0.6 is 12.2 Å². The van der Waals surface area contributed by atoms with Crippen molar-refractivity contribution in [3.8, 4) is 0 Å². The molecular weight excluding hydrogens is 280 g/mol. The van der Waals surface area contributed by atoms with Crippen molar-refractivity contribution in [2.45, 2.75) is 26.7 Å². The largest absolute Gasteiger partial charge is 0.378 e. The number of thiocarbonyl (C=S) groups is 1. The van der Waals surface area contributed by atoms with E-state index in [1.807, 2.05) is 0 Å². The van der Waals surface area contributed by atoms with Gasteiger partial charge in [0.15, 0.2) is 0 Å². The Morgan fingerprint density at radius 2 is 1.67 bits per heavy atom. The van der Waals surface area contributed by atoms with Crippen molar-refractivity contribution in [1.29, 1.82) is 0 Å². The monoisotopic (exact) mass is 306 g/mol. The van der Waals surface area contributed by atoms with Gasteiger partial charge in [0.1, 0.15) is 4.99 Å². The van der Waals surface area contributed by atoms with Crippen LogP contribution in [-0.4, -0.2) is 49.3 Å². The zero-order chi connectivity index (χ0) is 15.1. The summed E-state index contributed by atoms with van der Waals surface area (Å²) in [6.45, 7) is 10.0. The second-order valence-electron chi connectivity index (χ2n) is 5.44. The van der Waals surface area contributed by atoms with Gasteiger partial charge in [-0.05, 0) is 37.1 Å². The van der Waals surface area contributed by atoms with Gasteiger partial charge in [0.25, 0.3) is 0 Å². The van der Waals surface area contributed by atoms with Crippen molar-refractivity contribution in [2.75, 3.05) is 44.3 Å². The molecular formula is C17H26N2OS. The summed E-state index contributed by atoms with van der Waals surface area (Å²) in [5.41, 5.74) is 2.44. The molecule has 4 heteroatoms. The highest BCUT2D eigenvalue weighted by Crippen LogP contribution is 2.18. The Balaban J connectivity index is 2.04. The molecule has 0 spiro atoms. The molecule has 1 aliphatic rings. The van der Waals surface area contributed by atoms with Gasteiger partial charge < -0.3 is 14.5 Å². The van der Waals surface area contributed by atoms with Gasteiger partial charge in [-0.2, -0.15) is 0 Å². The minimum atomic E-state index is 0.777. The molecule has 0 bridgehead atoms. The van der Waals surface area contributed by atoms with E-state index in [0.717, 1.165) is 49.9 Å². The van der Waals surface area contributed by atoms with Crippen molar-refractivity contribution in [1.82, 2.24) is 4.90 Å². The molecule has 1 aliphatic heterocycles. The zero-order valence-electron chi connectivity index (χ0n) is 13.2. The molecule has 0 unspecified atom stereocenters. The van der Waals surface area contributed by atoms with Gasteiger partial charge >= 0.3 is 0 Å². The van der Waals surface area contributed by atoms with E-state index in [0.29, 0.717) is 0 Å². The Morgan fingerprint density at radius 1 is 1.10 bits per heavy atom. The van der Waals surface area contributed by atoms with E-state index >= 15 is 0 Å². The van der Waals surface area contributed by atoms with Gasteiger partial charge in [-0.3, -0.25) is 0 Å². The molecule has 1 aromatic carbocycles. The van der Waals surface area contributed by atoms with E-state index < -0.39 is 0 Å². The first-order chi connectivity index (χ1) is 10.3. The third kappa shape index (κ3) is 4.42. The molecule has 0 atom stereocenters. The van der Waals surface area contributed by atoms with Crippen LogP contribution in [0.15, 0.2) is 24.3 Å². The normalized spacial score (nSPS) is 15.0. The average molecular weight is 306 g/mol. The van der Waals surface area contributed by atoms with Crippen LogP contribution in [0.3, 0.4) is 0 Å². The lowest BCUT2D eigenvalue weighted by molar-refractivity contribution is 0.0693. The van der Waals surface area contributed by atoms with Crippen molar-refractivity contribution in [3.63, 3.8) is 0 Å². The van der Waals surface area contributed by atoms with Gasteiger partial charge in [-0.15, -0.1) is 0 Å². The van der Waals surface area contributed by atoms with E-state index in [2.05, 4.69) is 47.9 Å². The first kappa shape index (κ1) is 16.2. The van der Waals surface area contributed by atoms with Crippen LogP contribution in [0.5, 0.6) is 0 Å². The molecule has 1 heterocycles. The fourth-order valence-corrected chi connectivity index (χ4v) is 2.99. The average Bonchev–Trinajstić information content (AvgIpc) is 2.55. The topological polar surface area (TPSA) is 15.7 Å². The van der Waals surface area contributed by atoms with Gasteiger partial charge in [-0.1, -0.05) is 26.1 Å². The number of benzene rings is 1. The maximum atomic E-state index is 5.61. The Bertz CT molecular complexity index is 435. The maximum Gasteiger partial charge on any atom is 0.109 e. The molecule has 0 saturated carbocycles. The van der Waals surface area contributed by atoms with E-state index in [1.54, 1.807) is 0 Å². The van der Waals surface area contributed by atoms with Gasteiger partial charge in [0.05, 0.1) is 13.2 Å². The number of nitrogens with zero attached hydrogens (tertiary/aromatic N) is 2. The highest BCUT2D eigenvalue weighted by atomic mass is 32.1. The fraction of sp³-hybridized carbons (Fsp3) is 0.588. The zero-order valence-corrected chi connectivity index (χ0v) is 14.0. The molecule has 1 saturated heterocycles. The second kappa shape index (κ2) is 8.35.